The standard InChI is InChI=1S/C8H8F3NO/c9-3-6(12)7-4(10)1-2-5(11)8(7)13/h1-2,6,13H,3,12H2. The number of alkyl halides is 1. The predicted octanol–water partition coefficient (Wildman–Crippen LogP) is 1.64. The van der Waals surface area contributed by atoms with Crippen LogP contribution in [0.25, 0.3) is 0 Å². The summed E-state index contributed by atoms with van der Waals surface area (Å²) in [5.74, 6) is -2.85. The minimum absolute atomic E-state index is 0.525. The molecule has 0 radical (unpaired) electrons. The number of aromatic hydroxyl groups is 1. The quantitative estimate of drug-likeness (QED) is 0.746. The molecular weight excluding hydrogens is 183 g/mol. The van der Waals surface area contributed by atoms with Gasteiger partial charge in [-0.3, -0.25) is 0 Å². The Morgan fingerprint density at radius 1 is 1.31 bits per heavy atom. The van der Waals surface area contributed by atoms with Crippen LogP contribution in [0.2, 0.25) is 0 Å². The van der Waals surface area contributed by atoms with Crippen LogP contribution in [0, 0.1) is 11.6 Å². The first-order valence-corrected chi connectivity index (χ1v) is 3.56. The highest BCUT2D eigenvalue weighted by Gasteiger charge is 2.18. The Bertz CT molecular complexity index is 317. The van der Waals surface area contributed by atoms with Crippen LogP contribution >= 0.6 is 0 Å². The van der Waals surface area contributed by atoms with Crippen molar-refractivity contribution in [3.05, 3.63) is 29.3 Å². The first kappa shape index (κ1) is 9.85. The molecule has 0 aliphatic heterocycles. The van der Waals surface area contributed by atoms with Gasteiger partial charge in [0.05, 0.1) is 11.6 Å². The summed E-state index contributed by atoms with van der Waals surface area (Å²) in [5.41, 5.74) is 4.60. The van der Waals surface area contributed by atoms with Crippen molar-refractivity contribution in [3.8, 4) is 5.75 Å². The number of rotatable bonds is 2. The van der Waals surface area contributed by atoms with E-state index in [4.69, 9.17) is 10.8 Å². The third kappa shape index (κ3) is 1.75. The molecule has 5 heteroatoms. The summed E-state index contributed by atoms with van der Waals surface area (Å²) in [6.45, 7) is -1.06. The van der Waals surface area contributed by atoms with Crippen molar-refractivity contribution in [2.75, 3.05) is 6.67 Å². The molecule has 1 rings (SSSR count). The van der Waals surface area contributed by atoms with Gasteiger partial charge in [0.2, 0.25) is 0 Å². The highest BCUT2D eigenvalue weighted by atomic mass is 19.1. The summed E-state index contributed by atoms with van der Waals surface area (Å²) in [6, 6.07) is 0.203. The van der Waals surface area contributed by atoms with Crippen molar-refractivity contribution in [2.45, 2.75) is 6.04 Å². The topological polar surface area (TPSA) is 46.2 Å². The van der Waals surface area contributed by atoms with Crippen LogP contribution in [-0.4, -0.2) is 11.8 Å². The Labute approximate surface area is 72.8 Å². The molecule has 0 aromatic heterocycles. The molecule has 0 heterocycles. The Kier molecular flexibility index (Phi) is 2.77. The molecule has 1 aromatic carbocycles. The van der Waals surface area contributed by atoms with Crippen molar-refractivity contribution in [2.24, 2.45) is 5.73 Å². The molecule has 1 unspecified atom stereocenters. The van der Waals surface area contributed by atoms with Crippen LogP contribution in [0.4, 0.5) is 13.2 Å². The monoisotopic (exact) mass is 191 g/mol. The number of phenols is 1. The second-order valence-electron chi connectivity index (χ2n) is 2.55. The molecule has 0 aliphatic rings. The molecule has 72 valence electrons. The Balaban J connectivity index is 3.25. The fourth-order valence-electron chi connectivity index (χ4n) is 0.987. The predicted molar refractivity (Wildman–Crippen MR) is 40.9 cm³/mol. The SMILES string of the molecule is NC(CF)c1c(F)ccc(F)c1O. The van der Waals surface area contributed by atoms with Crippen molar-refractivity contribution in [1.29, 1.82) is 0 Å². The van der Waals surface area contributed by atoms with E-state index in [0.29, 0.717) is 0 Å². The van der Waals surface area contributed by atoms with Gasteiger partial charge in [-0.15, -0.1) is 0 Å². The van der Waals surface area contributed by atoms with Gasteiger partial charge >= 0.3 is 0 Å². The number of benzene rings is 1. The summed E-state index contributed by atoms with van der Waals surface area (Å²) < 4.78 is 37.6. The van der Waals surface area contributed by atoms with Crippen LogP contribution in [-0.2, 0) is 0 Å². The smallest absolute Gasteiger partial charge is 0.165 e. The van der Waals surface area contributed by atoms with Crippen molar-refractivity contribution in [1.82, 2.24) is 0 Å². The van der Waals surface area contributed by atoms with E-state index in [1.54, 1.807) is 0 Å². The fourth-order valence-corrected chi connectivity index (χ4v) is 0.987. The highest BCUT2D eigenvalue weighted by Crippen LogP contribution is 2.28. The molecule has 1 aromatic rings. The van der Waals surface area contributed by atoms with Crippen molar-refractivity contribution < 1.29 is 18.3 Å². The maximum absolute atomic E-state index is 12.9. The molecule has 0 amide bonds. The van der Waals surface area contributed by atoms with Gasteiger partial charge in [-0.05, 0) is 12.1 Å². The fraction of sp³-hybridized carbons (Fsp3) is 0.250. The van der Waals surface area contributed by atoms with Crippen LogP contribution in [0.5, 0.6) is 5.75 Å². The minimum Gasteiger partial charge on any atom is -0.505 e. The molecule has 0 saturated carbocycles. The first-order chi connectivity index (χ1) is 6.07. The van der Waals surface area contributed by atoms with Crippen molar-refractivity contribution in [3.63, 3.8) is 0 Å². The van der Waals surface area contributed by atoms with Gasteiger partial charge < -0.3 is 10.8 Å². The number of hydrogen-bond donors (Lipinski definition) is 2. The van der Waals surface area contributed by atoms with Gasteiger partial charge in [0.1, 0.15) is 12.5 Å². The lowest BCUT2D eigenvalue weighted by Gasteiger charge is -2.10. The first-order valence-electron chi connectivity index (χ1n) is 3.56. The molecule has 0 fully saturated rings. The molecule has 0 bridgehead atoms. The molecule has 2 nitrogen and oxygen atoms in total. The van der Waals surface area contributed by atoms with Crippen LogP contribution in [0.1, 0.15) is 11.6 Å². The average Bonchev–Trinajstić information content (AvgIpc) is 2.12. The van der Waals surface area contributed by atoms with E-state index in [2.05, 4.69) is 0 Å². The zero-order valence-corrected chi connectivity index (χ0v) is 6.60. The van der Waals surface area contributed by atoms with Gasteiger partial charge in [-0.1, -0.05) is 0 Å². The van der Waals surface area contributed by atoms with E-state index < -0.39 is 35.7 Å². The molecule has 0 saturated heterocycles. The third-order valence-corrected chi connectivity index (χ3v) is 1.65. The van der Waals surface area contributed by atoms with Gasteiger partial charge in [0, 0.05) is 0 Å². The molecule has 0 aliphatic carbocycles. The van der Waals surface area contributed by atoms with Crippen molar-refractivity contribution >= 4 is 0 Å². The summed E-state index contributed by atoms with van der Waals surface area (Å²) in [7, 11) is 0. The summed E-state index contributed by atoms with van der Waals surface area (Å²) in [5, 5.41) is 9.02. The lowest BCUT2D eigenvalue weighted by atomic mass is 10.1. The molecular formula is C8H8F3NO. The zero-order valence-electron chi connectivity index (χ0n) is 6.60. The molecule has 1 atom stereocenters. The number of hydrogen-bond acceptors (Lipinski definition) is 2. The minimum atomic E-state index is -1.34. The molecule has 3 N–H and O–H groups in total. The van der Waals surface area contributed by atoms with Crippen LogP contribution < -0.4 is 5.73 Å². The lowest BCUT2D eigenvalue weighted by molar-refractivity contribution is 0.383. The van der Waals surface area contributed by atoms with E-state index in [9.17, 15) is 13.2 Å². The van der Waals surface area contributed by atoms with Crippen LogP contribution in [0.15, 0.2) is 12.1 Å². The Morgan fingerprint density at radius 2 is 1.85 bits per heavy atom. The zero-order chi connectivity index (χ0) is 10.0. The number of halogens is 3. The maximum atomic E-state index is 12.9. The summed E-state index contributed by atoms with van der Waals surface area (Å²) >= 11 is 0. The summed E-state index contributed by atoms with van der Waals surface area (Å²) in [4.78, 5) is 0. The number of phenolic OH excluding ortho intramolecular Hbond substituents is 1. The van der Waals surface area contributed by atoms with E-state index in [-0.39, 0.29) is 0 Å². The van der Waals surface area contributed by atoms with Crippen LogP contribution in [0.3, 0.4) is 0 Å². The second kappa shape index (κ2) is 3.66. The second-order valence-corrected chi connectivity index (χ2v) is 2.55. The van der Waals surface area contributed by atoms with E-state index >= 15 is 0 Å². The third-order valence-electron chi connectivity index (χ3n) is 1.65. The summed E-state index contributed by atoms with van der Waals surface area (Å²) in [6.07, 6.45) is 0. The van der Waals surface area contributed by atoms with Gasteiger partial charge in [-0.25, -0.2) is 13.2 Å². The maximum Gasteiger partial charge on any atom is 0.165 e. The molecule has 0 spiro atoms. The number of nitrogens with two attached hydrogens (primary N) is 1. The van der Waals surface area contributed by atoms with Gasteiger partial charge in [-0.2, -0.15) is 0 Å². The lowest BCUT2D eigenvalue weighted by Crippen LogP contribution is -2.14. The largest absolute Gasteiger partial charge is 0.505 e. The Hall–Kier alpha value is -1.23. The normalized spacial score (nSPS) is 12.9. The van der Waals surface area contributed by atoms with E-state index in [0.717, 1.165) is 12.1 Å². The van der Waals surface area contributed by atoms with Gasteiger partial charge in [0.15, 0.2) is 11.6 Å². The van der Waals surface area contributed by atoms with E-state index in [1.165, 1.54) is 0 Å². The average molecular weight is 191 g/mol. The Morgan fingerprint density at radius 3 is 2.38 bits per heavy atom. The highest BCUT2D eigenvalue weighted by molar-refractivity contribution is 5.37. The van der Waals surface area contributed by atoms with Gasteiger partial charge in [0.25, 0.3) is 0 Å². The molecule has 13 heavy (non-hydrogen) atoms. The van der Waals surface area contributed by atoms with E-state index in [1.807, 2.05) is 0 Å².